The van der Waals surface area contributed by atoms with Gasteiger partial charge in [0.2, 0.25) is 0 Å². The zero-order chi connectivity index (χ0) is 18.9. The van der Waals surface area contributed by atoms with Gasteiger partial charge in [-0.15, -0.1) is 0 Å². The number of fused-ring (bicyclic) bond motifs is 1. The number of hydrogen-bond acceptors (Lipinski definition) is 5. The molecule has 1 amide bonds. The zero-order valence-corrected chi connectivity index (χ0v) is 15.2. The molecule has 4 aromatic heterocycles. The van der Waals surface area contributed by atoms with Crippen LogP contribution >= 0.6 is 0 Å². The molecule has 0 aliphatic carbocycles. The Morgan fingerprint density at radius 3 is 2.61 bits per heavy atom. The Labute approximate surface area is 161 Å². The molecule has 0 saturated carbocycles. The standard InChI is InChI=1S/C20H19N7O/c28-20(16-11-17-3-1-2-5-26(17)13-16)25-9-7-24(8-10-25)18-12-19(23-14-22-18)27-6-4-21-15-27/h1-6,11-15H,7-10H2. The zero-order valence-electron chi connectivity index (χ0n) is 15.2. The highest BCUT2D eigenvalue weighted by Crippen LogP contribution is 2.18. The van der Waals surface area contributed by atoms with E-state index in [4.69, 9.17) is 0 Å². The number of aromatic nitrogens is 5. The van der Waals surface area contributed by atoms with Crippen LogP contribution in [0.15, 0.2) is 67.8 Å². The van der Waals surface area contributed by atoms with Gasteiger partial charge in [-0.2, -0.15) is 0 Å². The van der Waals surface area contributed by atoms with Crippen LogP contribution in [-0.4, -0.2) is 60.9 Å². The maximum Gasteiger partial charge on any atom is 0.255 e. The van der Waals surface area contributed by atoms with Crippen molar-refractivity contribution in [2.45, 2.75) is 0 Å². The summed E-state index contributed by atoms with van der Waals surface area (Å²) in [6, 6.07) is 9.82. The molecule has 28 heavy (non-hydrogen) atoms. The number of nitrogens with zero attached hydrogens (tertiary/aromatic N) is 7. The first-order valence-corrected chi connectivity index (χ1v) is 9.19. The van der Waals surface area contributed by atoms with Gasteiger partial charge in [-0.1, -0.05) is 6.07 Å². The number of carbonyl (C=O) groups excluding carboxylic acids is 1. The van der Waals surface area contributed by atoms with Gasteiger partial charge >= 0.3 is 0 Å². The largest absolute Gasteiger partial charge is 0.353 e. The van der Waals surface area contributed by atoms with Gasteiger partial charge in [0.05, 0.1) is 5.56 Å². The Hall–Kier alpha value is -3.68. The van der Waals surface area contributed by atoms with Crippen LogP contribution < -0.4 is 4.90 Å². The van der Waals surface area contributed by atoms with Crippen LogP contribution in [0.25, 0.3) is 11.3 Å². The van der Waals surface area contributed by atoms with E-state index < -0.39 is 0 Å². The van der Waals surface area contributed by atoms with Crippen LogP contribution in [0.2, 0.25) is 0 Å². The molecule has 0 radical (unpaired) electrons. The van der Waals surface area contributed by atoms with Crippen molar-refractivity contribution in [1.29, 1.82) is 0 Å². The molecule has 8 nitrogen and oxygen atoms in total. The molecule has 8 heteroatoms. The highest BCUT2D eigenvalue weighted by Gasteiger charge is 2.24. The summed E-state index contributed by atoms with van der Waals surface area (Å²) in [5, 5.41) is 0. The fourth-order valence-corrected chi connectivity index (χ4v) is 3.54. The normalized spacial score (nSPS) is 14.6. The molecule has 1 saturated heterocycles. The van der Waals surface area contributed by atoms with Gasteiger partial charge < -0.3 is 14.2 Å². The number of pyridine rings is 1. The minimum Gasteiger partial charge on any atom is -0.353 e. The fourth-order valence-electron chi connectivity index (χ4n) is 3.54. The summed E-state index contributed by atoms with van der Waals surface area (Å²) >= 11 is 0. The van der Waals surface area contributed by atoms with Gasteiger partial charge in [-0.25, -0.2) is 15.0 Å². The molecular weight excluding hydrogens is 354 g/mol. The summed E-state index contributed by atoms with van der Waals surface area (Å²) in [7, 11) is 0. The van der Waals surface area contributed by atoms with Crippen molar-refractivity contribution >= 4 is 17.2 Å². The van der Waals surface area contributed by atoms with E-state index in [9.17, 15) is 4.79 Å². The molecule has 5 heterocycles. The Bertz CT molecular complexity index is 1080. The smallest absolute Gasteiger partial charge is 0.255 e. The Morgan fingerprint density at radius 2 is 1.82 bits per heavy atom. The van der Waals surface area contributed by atoms with Gasteiger partial charge in [0, 0.05) is 62.5 Å². The first-order valence-electron chi connectivity index (χ1n) is 9.19. The molecule has 0 unspecified atom stereocenters. The van der Waals surface area contributed by atoms with E-state index in [0.29, 0.717) is 13.1 Å². The number of imidazole rings is 1. The lowest BCUT2D eigenvalue weighted by molar-refractivity contribution is 0.0746. The maximum atomic E-state index is 12.9. The molecule has 0 bridgehead atoms. The molecular formula is C20H19N7O. The SMILES string of the molecule is O=C(c1cc2ccccn2c1)N1CCN(c2cc(-n3ccnc3)ncn2)CC1. The Kier molecular flexibility index (Phi) is 4.01. The molecule has 5 rings (SSSR count). The van der Waals surface area contributed by atoms with E-state index >= 15 is 0 Å². The summed E-state index contributed by atoms with van der Waals surface area (Å²) < 4.78 is 3.82. The number of hydrogen-bond donors (Lipinski definition) is 0. The molecule has 140 valence electrons. The second kappa shape index (κ2) is 6.80. The van der Waals surface area contributed by atoms with Crippen molar-refractivity contribution in [2.24, 2.45) is 0 Å². The number of amides is 1. The molecule has 0 spiro atoms. The van der Waals surface area contributed by atoms with Gasteiger partial charge in [0.15, 0.2) is 0 Å². The molecule has 1 aliphatic rings. The molecule has 0 N–H and O–H groups in total. The first-order chi connectivity index (χ1) is 13.8. The van der Waals surface area contributed by atoms with E-state index in [1.165, 1.54) is 0 Å². The number of carbonyl (C=O) groups is 1. The minimum absolute atomic E-state index is 0.0742. The molecule has 0 aromatic carbocycles. The van der Waals surface area contributed by atoms with Crippen molar-refractivity contribution in [3.05, 3.63) is 73.3 Å². The fraction of sp³-hybridized carbons (Fsp3) is 0.200. The predicted molar refractivity (Wildman–Crippen MR) is 105 cm³/mol. The van der Waals surface area contributed by atoms with Crippen LogP contribution in [-0.2, 0) is 0 Å². The van der Waals surface area contributed by atoms with E-state index in [2.05, 4.69) is 19.9 Å². The van der Waals surface area contributed by atoms with Gasteiger partial charge in [0.1, 0.15) is 24.3 Å². The number of rotatable bonds is 3. The van der Waals surface area contributed by atoms with E-state index in [1.54, 1.807) is 18.9 Å². The topological polar surface area (TPSA) is 71.6 Å². The lowest BCUT2D eigenvalue weighted by atomic mass is 10.2. The number of piperazine rings is 1. The first kappa shape index (κ1) is 16.5. The second-order valence-electron chi connectivity index (χ2n) is 6.75. The maximum absolute atomic E-state index is 12.9. The average Bonchev–Trinajstić information content (AvgIpc) is 3.43. The van der Waals surface area contributed by atoms with Gasteiger partial charge in [-0.05, 0) is 18.2 Å². The summed E-state index contributed by atoms with van der Waals surface area (Å²) in [6.07, 6.45) is 10.7. The number of anilines is 1. The van der Waals surface area contributed by atoms with Gasteiger partial charge in [-0.3, -0.25) is 9.36 Å². The third kappa shape index (κ3) is 2.98. The Morgan fingerprint density at radius 1 is 0.964 bits per heavy atom. The average molecular weight is 373 g/mol. The molecule has 1 aliphatic heterocycles. The second-order valence-corrected chi connectivity index (χ2v) is 6.75. The van der Waals surface area contributed by atoms with Crippen LogP contribution in [0.5, 0.6) is 0 Å². The van der Waals surface area contributed by atoms with Crippen molar-refractivity contribution < 1.29 is 4.79 Å². The van der Waals surface area contributed by atoms with Crippen molar-refractivity contribution in [1.82, 2.24) is 28.8 Å². The highest BCUT2D eigenvalue weighted by molar-refractivity contribution is 5.95. The summed E-state index contributed by atoms with van der Waals surface area (Å²) in [5.74, 6) is 1.71. The summed E-state index contributed by atoms with van der Waals surface area (Å²) in [6.45, 7) is 2.80. The van der Waals surface area contributed by atoms with Crippen molar-refractivity contribution in [3.63, 3.8) is 0 Å². The minimum atomic E-state index is 0.0742. The van der Waals surface area contributed by atoms with Crippen LogP contribution in [0, 0.1) is 0 Å². The van der Waals surface area contributed by atoms with Gasteiger partial charge in [0.25, 0.3) is 5.91 Å². The Balaban J connectivity index is 1.28. The third-order valence-corrected chi connectivity index (χ3v) is 5.05. The molecule has 4 aromatic rings. The van der Waals surface area contributed by atoms with Crippen molar-refractivity contribution in [3.8, 4) is 5.82 Å². The van der Waals surface area contributed by atoms with E-state index in [1.807, 2.05) is 62.8 Å². The summed E-state index contributed by atoms with van der Waals surface area (Å²) in [5.41, 5.74) is 1.75. The van der Waals surface area contributed by atoms with E-state index in [-0.39, 0.29) is 5.91 Å². The summed E-state index contributed by atoms with van der Waals surface area (Å²) in [4.78, 5) is 29.7. The van der Waals surface area contributed by atoms with E-state index in [0.717, 1.165) is 35.8 Å². The molecule has 0 atom stereocenters. The van der Waals surface area contributed by atoms with Crippen LogP contribution in [0.1, 0.15) is 10.4 Å². The predicted octanol–water partition coefficient (Wildman–Crippen LogP) is 1.88. The molecule has 1 fully saturated rings. The quantitative estimate of drug-likeness (QED) is 0.548. The monoisotopic (exact) mass is 373 g/mol. The van der Waals surface area contributed by atoms with Crippen molar-refractivity contribution in [2.75, 3.05) is 31.1 Å². The lowest BCUT2D eigenvalue weighted by Gasteiger charge is -2.35. The van der Waals surface area contributed by atoms with Crippen LogP contribution in [0.4, 0.5) is 5.82 Å². The lowest BCUT2D eigenvalue weighted by Crippen LogP contribution is -2.49. The third-order valence-electron chi connectivity index (χ3n) is 5.05. The highest BCUT2D eigenvalue weighted by atomic mass is 16.2. The van der Waals surface area contributed by atoms with Crippen LogP contribution in [0.3, 0.4) is 0 Å².